The summed E-state index contributed by atoms with van der Waals surface area (Å²) in [5.41, 5.74) is 26.8. The molecule has 0 aliphatic heterocycles. The van der Waals surface area contributed by atoms with Crippen molar-refractivity contribution >= 4 is 41.1 Å². The molecule has 11 N–H and O–H groups in total. The van der Waals surface area contributed by atoms with Gasteiger partial charge < -0.3 is 33.4 Å². The first-order chi connectivity index (χ1) is 12.2. The van der Waals surface area contributed by atoms with Crippen LogP contribution >= 0.6 is 11.6 Å². The van der Waals surface area contributed by atoms with Crippen molar-refractivity contribution in [3.05, 3.63) is 10.8 Å². The number of amides is 1. The number of aromatic nitrogens is 2. The molecule has 0 saturated heterocycles. The van der Waals surface area contributed by atoms with Gasteiger partial charge in [0.25, 0.3) is 5.91 Å². The van der Waals surface area contributed by atoms with Gasteiger partial charge in [-0.25, -0.2) is 9.97 Å². The van der Waals surface area contributed by atoms with Crippen molar-refractivity contribution in [3.8, 4) is 0 Å². The molecule has 1 heterocycles. The molecule has 0 aromatic carbocycles. The molecular weight excluding hydrogens is 364 g/mol. The molecule has 0 unspecified atom stereocenters. The maximum absolute atomic E-state index is 12.5. The van der Waals surface area contributed by atoms with Crippen molar-refractivity contribution in [3.63, 3.8) is 0 Å². The Morgan fingerprint density at radius 1 is 1.15 bits per heavy atom. The molecule has 1 amide bonds. The van der Waals surface area contributed by atoms with Crippen molar-refractivity contribution in [1.82, 2.24) is 14.9 Å². The largest absolute Gasteiger partial charge is 0.382 e. The zero-order chi connectivity index (χ0) is 19.7. The third-order valence-electron chi connectivity index (χ3n) is 3.05. The Morgan fingerprint density at radius 3 is 2.42 bits per heavy atom. The lowest BCUT2D eigenvalue weighted by Gasteiger charge is -2.20. The molecule has 144 valence electrons. The van der Waals surface area contributed by atoms with Crippen LogP contribution in [0.4, 0.5) is 11.6 Å². The fraction of sp³-hybridized carbons (Fsp3) is 0.462. The highest BCUT2D eigenvalue weighted by atomic mass is 35.5. The minimum absolute atomic E-state index is 0.0331. The summed E-state index contributed by atoms with van der Waals surface area (Å²) >= 11 is 5.77. The van der Waals surface area contributed by atoms with Crippen molar-refractivity contribution in [2.24, 2.45) is 22.2 Å². The van der Waals surface area contributed by atoms with Gasteiger partial charge in [-0.3, -0.25) is 20.1 Å². The predicted molar refractivity (Wildman–Crippen MR) is 99.5 cm³/mol. The van der Waals surface area contributed by atoms with Crippen LogP contribution in [-0.2, 0) is 4.74 Å². The molecule has 13 heteroatoms. The number of ether oxygens (including phenoxy) is 1. The lowest BCUT2D eigenvalue weighted by molar-refractivity contribution is 0.0814. The van der Waals surface area contributed by atoms with E-state index >= 15 is 0 Å². The number of carbonyl (C=O) groups excluding carboxylic acids is 1. The number of anilines is 2. The number of rotatable bonds is 9. The second-order valence-corrected chi connectivity index (χ2v) is 5.46. The Balaban J connectivity index is 2.54. The second-order valence-electron chi connectivity index (χ2n) is 5.10. The van der Waals surface area contributed by atoms with Gasteiger partial charge in [0.1, 0.15) is 0 Å². The van der Waals surface area contributed by atoms with Gasteiger partial charge in [-0.2, -0.15) is 0 Å². The SMILES string of the molecule is N=C(N)N(CCCOCCCN=C(N)N)C(=O)c1nc(Cl)c(N)nc1N. The summed E-state index contributed by atoms with van der Waals surface area (Å²) in [5.74, 6) is -1.41. The van der Waals surface area contributed by atoms with Crippen LogP contribution in [0, 0.1) is 5.41 Å². The molecule has 0 bridgehead atoms. The topological polar surface area (TPSA) is 222 Å². The molecule has 0 fully saturated rings. The number of carbonyl (C=O) groups is 1. The first-order valence-electron chi connectivity index (χ1n) is 7.61. The van der Waals surface area contributed by atoms with Gasteiger partial charge in [0.05, 0.1) is 0 Å². The van der Waals surface area contributed by atoms with E-state index in [0.29, 0.717) is 32.6 Å². The van der Waals surface area contributed by atoms with Crippen molar-refractivity contribution < 1.29 is 9.53 Å². The van der Waals surface area contributed by atoms with Crippen LogP contribution in [0.25, 0.3) is 0 Å². The smallest absolute Gasteiger partial charge is 0.283 e. The van der Waals surface area contributed by atoms with Crippen molar-refractivity contribution in [2.45, 2.75) is 12.8 Å². The fourth-order valence-electron chi connectivity index (χ4n) is 1.86. The number of hydrogen-bond acceptors (Lipinski definition) is 8. The van der Waals surface area contributed by atoms with E-state index in [9.17, 15) is 4.79 Å². The Labute approximate surface area is 155 Å². The van der Waals surface area contributed by atoms with E-state index in [1.165, 1.54) is 0 Å². The molecule has 0 aliphatic rings. The Bertz CT molecular complexity index is 677. The second kappa shape index (κ2) is 10.2. The van der Waals surface area contributed by atoms with Crippen LogP contribution in [-0.4, -0.2) is 59.0 Å². The Morgan fingerprint density at radius 2 is 1.81 bits per heavy atom. The van der Waals surface area contributed by atoms with E-state index < -0.39 is 11.9 Å². The number of nitrogen functional groups attached to an aromatic ring is 2. The van der Waals surface area contributed by atoms with E-state index in [2.05, 4.69) is 15.0 Å². The summed E-state index contributed by atoms with van der Waals surface area (Å²) in [6.45, 7) is 1.40. The highest BCUT2D eigenvalue weighted by Gasteiger charge is 2.23. The standard InChI is InChI=1S/C13H23ClN10O2/c14-8-10(16)23-9(15)7(22-8)11(25)24(13(19)20)4-2-6-26-5-1-3-21-12(17)18/h1-6H2,(H3,19,20)(H4,15,16,23)(H4,17,18,21). The zero-order valence-corrected chi connectivity index (χ0v) is 14.9. The average molecular weight is 387 g/mol. The van der Waals surface area contributed by atoms with Crippen LogP contribution < -0.4 is 28.7 Å². The minimum atomic E-state index is -0.697. The number of nitrogens with two attached hydrogens (primary N) is 5. The number of hydrogen-bond donors (Lipinski definition) is 6. The number of nitrogens with one attached hydrogen (secondary N) is 1. The molecule has 1 aromatic heterocycles. The van der Waals surface area contributed by atoms with Crippen molar-refractivity contribution in [1.29, 1.82) is 5.41 Å². The minimum Gasteiger partial charge on any atom is -0.382 e. The third-order valence-corrected chi connectivity index (χ3v) is 3.33. The molecule has 0 aliphatic carbocycles. The molecule has 0 spiro atoms. The molecule has 1 aromatic rings. The molecule has 0 saturated carbocycles. The first kappa shape index (κ1) is 21.2. The van der Waals surface area contributed by atoms with Gasteiger partial charge >= 0.3 is 0 Å². The lowest BCUT2D eigenvalue weighted by Crippen LogP contribution is -2.43. The van der Waals surface area contributed by atoms with Gasteiger partial charge in [-0.05, 0) is 12.8 Å². The Kier molecular flexibility index (Phi) is 8.31. The van der Waals surface area contributed by atoms with Crippen LogP contribution in [0.15, 0.2) is 4.99 Å². The first-order valence-corrected chi connectivity index (χ1v) is 7.99. The van der Waals surface area contributed by atoms with E-state index in [-0.39, 0.29) is 35.0 Å². The van der Waals surface area contributed by atoms with E-state index in [4.69, 9.17) is 50.4 Å². The van der Waals surface area contributed by atoms with E-state index in [1.807, 2.05) is 0 Å². The van der Waals surface area contributed by atoms with Crippen LogP contribution in [0.2, 0.25) is 5.15 Å². The molecule has 0 radical (unpaired) electrons. The number of aliphatic imine (C=N–C) groups is 1. The number of guanidine groups is 2. The zero-order valence-electron chi connectivity index (χ0n) is 14.1. The normalized spacial score (nSPS) is 10.3. The van der Waals surface area contributed by atoms with Gasteiger partial charge in [0.15, 0.2) is 34.4 Å². The fourth-order valence-corrected chi connectivity index (χ4v) is 1.99. The summed E-state index contributed by atoms with van der Waals surface area (Å²) in [4.78, 5) is 24.9. The Hall–Kier alpha value is -2.86. The van der Waals surface area contributed by atoms with Crippen LogP contribution in [0.3, 0.4) is 0 Å². The maximum Gasteiger partial charge on any atom is 0.283 e. The molecular formula is C13H23ClN10O2. The highest BCUT2D eigenvalue weighted by molar-refractivity contribution is 6.31. The summed E-state index contributed by atoms with van der Waals surface area (Å²) in [6.07, 6.45) is 1.09. The van der Waals surface area contributed by atoms with Gasteiger partial charge in [0.2, 0.25) is 0 Å². The van der Waals surface area contributed by atoms with E-state index in [1.54, 1.807) is 0 Å². The number of halogens is 1. The lowest BCUT2D eigenvalue weighted by atomic mass is 10.3. The molecule has 0 atom stereocenters. The van der Waals surface area contributed by atoms with Crippen molar-refractivity contribution in [2.75, 3.05) is 37.8 Å². The monoisotopic (exact) mass is 386 g/mol. The summed E-state index contributed by atoms with van der Waals surface area (Å²) in [5, 5.41) is 7.41. The third kappa shape index (κ3) is 6.57. The van der Waals surface area contributed by atoms with Gasteiger partial charge in [-0.1, -0.05) is 11.6 Å². The quantitative estimate of drug-likeness (QED) is 0.168. The van der Waals surface area contributed by atoms with E-state index in [0.717, 1.165) is 4.90 Å². The maximum atomic E-state index is 12.5. The summed E-state index contributed by atoms with van der Waals surface area (Å²) in [7, 11) is 0. The van der Waals surface area contributed by atoms with Crippen LogP contribution in [0.1, 0.15) is 23.3 Å². The molecule has 1 rings (SSSR count). The molecule has 12 nitrogen and oxygen atoms in total. The summed E-state index contributed by atoms with van der Waals surface area (Å²) < 4.78 is 5.40. The molecule has 26 heavy (non-hydrogen) atoms. The van der Waals surface area contributed by atoms with Gasteiger partial charge in [-0.15, -0.1) is 0 Å². The predicted octanol–water partition coefficient (Wildman–Crippen LogP) is -1.30. The number of nitrogens with zero attached hydrogens (tertiary/aromatic N) is 4. The average Bonchev–Trinajstić information content (AvgIpc) is 2.55. The van der Waals surface area contributed by atoms with Crippen LogP contribution in [0.5, 0.6) is 0 Å². The summed E-state index contributed by atoms with van der Waals surface area (Å²) in [6, 6.07) is 0. The van der Waals surface area contributed by atoms with Gasteiger partial charge in [0, 0.05) is 26.3 Å². The highest BCUT2D eigenvalue weighted by Crippen LogP contribution is 2.18.